The number of allylic oxidation sites excluding steroid dienone is 1. The molecule has 0 aromatic heterocycles. The normalized spacial score (nSPS) is 15.4. The molecule has 42 heavy (non-hydrogen) atoms. The van der Waals surface area contributed by atoms with Crippen LogP contribution in [0.4, 0.5) is 87.8 Å². The molecule has 0 aliphatic heterocycles. The molecule has 0 aromatic carbocycles. The third-order valence-electron chi connectivity index (χ3n) is 4.91. The maximum Gasteiger partial charge on any atom is 0.385 e. The Balaban J connectivity index is 6.96. The summed E-state index contributed by atoms with van der Waals surface area (Å²) in [5.41, 5.74) is -0.964. The van der Waals surface area contributed by atoms with Gasteiger partial charge in [-0.2, -0.15) is 87.8 Å². The molecule has 0 aliphatic rings. The van der Waals surface area contributed by atoms with Crippen LogP contribution in [0.5, 0.6) is 0 Å². The van der Waals surface area contributed by atoms with E-state index in [9.17, 15) is 92.6 Å². The molecule has 0 radical (unpaired) electrons. The van der Waals surface area contributed by atoms with E-state index in [0.29, 0.717) is 13.8 Å². The lowest BCUT2D eigenvalue weighted by Crippen LogP contribution is -2.77. The smallest absolute Gasteiger partial charge is 0.385 e. The molecular formula is C19H14F20O3. The minimum Gasteiger partial charge on any atom is -0.492 e. The van der Waals surface area contributed by atoms with E-state index in [1.165, 1.54) is 0 Å². The highest BCUT2D eigenvalue weighted by atomic mass is 19.4. The molecule has 0 heterocycles. The van der Waals surface area contributed by atoms with Crippen LogP contribution < -0.4 is 0 Å². The third kappa shape index (κ3) is 5.54. The van der Waals surface area contributed by atoms with E-state index in [4.69, 9.17) is 0 Å². The summed E-state index contributed by atoms with van der Waals surface area (Å²) in [5.74, 6) is -86.7. The Morgan fingerprint density at radius 2 is 0.667 bits per heavy atom. The molecule has 23 heteroatoms. The highest BCUT2D eigenvalue weighted by molar-refractivity contribution is 5.86. The summed E-state index contributed by atoms with van der Waals surface area (Å²) in [6, 6.07) is 0. The lowest BCUT2D eigenvalue weighted by Gasteiger charge is -2.45. The highest BCUT2D eigenvalue weighted by Gasteiger charge is 2.97. The Labute approximate surface area is 220 Å². The average molecular weight is 670 g/mol. The van der Waals surface area contributed by atoms with E-state index in [2.05, 4.69) is 22.6 Å². The number of alkyl halides is 20. The van der Waals surface area contributed by atoms with Crippen molar-refractivity contribution < 1.29 is 102 Å². The Hall–Kier alpha value is -2.65. The van der Waals surface area contributed by atoms with E-state index in [-0.39, 0.29) is 0 Å². The maximum absolute atomic E-state index is 13.8. The topological polar surface area (TPSA) is 35.5 Å². The van der Waals surface area contributed by atoms with Crippen molar-refractivity contribution >= 4 is 5.97 Å². The van der Waals surface area contributed by atoms with Gasteiger partial charge < -0.3 is 9.47 Å². The second kappa shape index (κ2) is 10.8. The summed E-state index contributed by atoms with van der Waals surface area (Å²) >= 11 is 0. The predicted octanol–water partition coefficient (Wildman–Crippen LogP) is 8.01. The fourth-order valence-electron chi connectivity index (χ4n) is 2.32. The number of hydrogen-bond acceptors (Lipinski definition) is 3. The van der Waals surface area contributed by atoms with Crippen molar-refractivity contribution in [3.63, 3.8) is 0 Å². The molecular weight excluding hydrogens is 656 g/mol. The van der Waals surface area contributed by atoms with Gasteiger partial charge in [0.05, 0.1) is 5.76 Å². The van der Waals surface area contributed by atoms with E-state index < -0.39 is 89.7 Å². The number of carbonyl (C=O) groups is 1. The Morgan fingerprint density at radius 1 is 0.452 bits per heavy atom. The molecule has 0 saturated heterocycles. The number of carbonyl (C=O) groups excluding carboxylic acids is 1. The van der Waals surface area contributed by atoms with Gasteiger partial charge in [-0.15, -0.1) is 0 Å². The van der Waals surface area contributed by atoms with E-state index in [0.717, 1.165) is 0 Å². The van der Waals surface area contributed by atoms with Crippen LogP contribution in [-0.2, 0) is 14.3 Å². The van der Waals surface area contributed by atoms with Crippen molar-refractivity contribution in [1.82, 2.24) is 0 Å². The van der Waals surface area contributed by atoms with Crippen molar-refractivity contribution in [3.8, 4) is 0 Å². The lowest BCUT2D eigenvalue weighted by atomic mass is 9.85. The average Bonchev–Trinajstić information content (AvgIpc) is 2.79. The molecule has 0 N–H and O–H groups in total. The van der Waals surface area contributed by atoms with Crippen LogP contribution in [0.1, 0.15) is 13.8 Å². The predicted molar refractivity (Wildman–Crippen MR) is 96.0 cm³/mol. The zero-order valence-electron chi connectivity index (χ0n) is 20.1. The van der Waals surface area contributed by atoms with Crippen LogP contribution in [0.25, 0.3) is 0 Å². The zero-order valence-corrected chi connectivity index (χ0v) is 20.1. The monoisotopic (exact) mass is 670 g/mol. The molecule has 0 aromatic rings. The first-order valence-electron chi connectivity index (χ1n) is 9.88. The van der Waals surface area contributed by atoms with Crippen molar-refractivity contribution in [3.05, 3.63) is 24.5 Å². The van der Waals surface area contributed by atoms with Gasteiger partial charge >= 0.3 is 65.2 Å². The SMILES string of the molecule is C=C(C)OCC(F)(F)C(F)(F)C(F)(F)C(F)(F)C(F)(F)C(F)(F)C(F)(F)C(F)(F)C(F)(F)C(F)(F)COC(=O)C(=C)C. The molecule has 0 unspecified atom stereocenters. The van der Waals surface area contributed by atoms with Gasteiger partial charge in [0.2, 0.25) is 0 Å². The summed E-state index contributed by atoms with van der Waals surface area (Å²) in [6.07, 6.45) is 0. The van der Waals surface area contributed by atoms with Crippen molar-refractivity contribution in [2.45, 2.75) is 73.1 Å². The van der Waals surface area contributed by atoms with Crippen LogP contribution in [-0.4, -0.2) is 78.4 Å². The van der Waals surface area contributed by atoms with Gasteiger partial charge in [0, 0.05) is 5.57 Å². The molecule has 0 bridgehead atoms. The van der Waals surface area contributed by atoms with Crippen LogP contribution in [0, 0.1) is 0 Å². The van der Waals surface area contributed by atoms with Gasteiger partial charge in [0.15, 0.2) is 13.2 Å². The van der Waals surface area contributed by atoms with Crippen molar-refractivity contribution in [1.29, 1.82) is 0 Å². The number of ether oxygens (including phenoxy) is 2. The lowest BCUT2D eigenvalue weighted by molar-refractivity contribution is -0.470. The third-order valence-corrected chi connectivity index (χ3v) is 4.91. The van der Waals surface area contributed by atoms with Crippen LogP contribution in [0.3, 0.4) is 0 Å². The molecule has 0 spiro atoms. The van der Waals surface area contributed by atoms with E-state index >= 15 is 0 Å². The molecule has 0 saturated carbocycles. The van der Waals surface area contributed by atoms with Crippen molar-refractivity contribution in [2.75, 3.05) is 13.2 Å². The quantitative estimate of drug-likeness (QED) is 0.0767. The first-order chi connectivity index (χ1) is 18.0. The summed E-state index contributed by atoms with van der Waals surface area (Å²) in [7, 11) is 0. The van der Waals surface area contributed by atoms with Gasteiger partial charge in [-0.3, -0.25) is 0 Å². The van der Waals surface area contributed by atoms with E-state index in [1.807, 2.05) is 0 Å². The van der Waals surface area contributed by atoms with Crippen LogP contribution in [0.2, 0.25) is 0 Å². The molecule has 0 rings (SSSR count). The van der Waals surface area contributed by atoms with Gasteiger partial charge in [0.1, 0.15) is 0 Å². The fraction of sp³-hybridized carbons (Fsp3) is 0.737. The summed E-state index contributed by atoms with van der Waals surface area (Å²) in [6.45, 7) is -0.212. The number of halogens is 20. The Kier molecular flexibility index (Phi) is 10.1. The summed E-state index contributed by atoms with van der Waals surface area (Å²) in [4.78, 5) is 10.9. The second-order valence-electron chi connectivity index (χ2n) is 8.35. The number of esters is 1. The Morgan fingerprint density at radius 3 is 0.881 bits per heavy atom. The molecule has 0 amide bonds. The summed E-state index contributed by atoms with van der Waals surface area (Å²) < 4.78 is 281. The standard InChI is InChI=1S/C19H14F20O3/c1-7(2)9(40)42-6-11(22,23)13(26,27)15(30,31)17(34,35)19(38,39)18(36,37)16(32,33)14(28,29)12(24,25)10(20,21)5-41-8(3)4/h1,3,5-6H2,2,4H3. The maximum atomic E-state index is 13.8. The molecule has 0 aliphatic carbocycles. The largest absolute Gasteiger partial charge is 0.492 e. The van der Waals surface area contributed by atoms with Gasteiger partial charge in [-0.05, 0) is 13.8 Å². The minimum absolute atomic E-state index is 0.529. The second-order valence-corrected chi connectivity index (χ2v) is 8.35. The first-order valence-corrected chi connectivity index (χ1v) is 9.88. The minimum atomic E-state index is -9.15. The fourth-order valence-corrected chi connectivity index (χ4v) is 2.32. The van der Waals surface area contributed by atoms with E-state index in [1.54, 1.807) is 0 Å². The highest BCUT2D eigenvalue weighted by Crippen LogP contribution is 2.66. The molecule has 248 valence electrons. The first kappa shape index (κ1) is 39.4. The number of rotatable bonds is 15. The van der Waals surface area contributed by atoms with Crippen molar-refractivity contribution in [2.24, 2.45) is 0 Å². The number of hydrogen-bond donors (Lipinski definition) is 0. The van der Waals surface area contributed by atoms with Crippen LogP contribution >= 0.6 is 0 Å². The van der Waals surface area contributed by atoms with Gasteiger partial charge in [-0.1, -0.05) is 13.2 Å². The van der Waals surface area contributed by atoms with Crippen LogP contribution in [0.15, 0.2) is 24.5 Å². The summed E-state index contributed by atoms with van der Waals surface area (Å²) in [5, 5.41) is 0. The molecule has 0 atom stereocenters. The zero-order chi connectivity index (χ0) is 34.6. The molecule has 3 nitrogen and oxygen atoms in total. The van der Waals surface area contributed by atoms with Gasteiger partial charge in [-0.25, -0.2) is 4.79 Å². The Bertz CT molecular complexity index is 1050. The molecule has 0 fully saturated rings. The van der Waals surface area contributed by atoms with Gasteiger partial charge in [0.25, 0.3) is 0 Å².